The first kappa shape index (κ1) is 14.9. The van der Waals surface area contributed by atoms with E-state index < -0.39 is 32.5 Å². The van der Waals surface area contributed by atoms with Crippen molar-refractivity contribution in [3.05, 3.63) is 59.7 Å². The normalized spacial score (nSPS) is 11.1. The van der Waals surface area contributed by atoms with E-state index in [4.69, 9.17) is 0 Å². The molecule has 0 saturated heterocycles. The van der Waals surface area contributed by atoms with Crippen molar-refractivity contribution in [1.82, 2.24) is 0 Å². The molecule has 110 valence electrons. The van der Waals surface area contributed by atoms with Crippen LogP contribution >= 0.6 is 0 Å². The molecule has 0 heterocycles. The quantitative estimate of drug-likeness (QED) is 0.917. The summed E-state index contributed by atoms with van der Waals surface area (Å²) in [5.41, 5.74) is -0.197. The Kier molecular flexibility index (Phi) is 3.90. The van der Waals surface area contributed by atoms with E-state index in [0.717, 1.165) is 42.5 Å². The lowest BCUT2D eigenvalue weighted by Crippen LogP contribution is -2.22. The van der Waals surface area contributed by atoms with Crippen LogP contribution in [0, 0.1) is 11.6 Å². The van der Waals surface area contributed by atoms with Crippen molar-refractivity contribution in [2.45, 2.75) is 4.90 Å². The number of rotatable bonds is 4. The van der Waals surface area contributed by atoms with E-state index in [1.54, 1.807) is 0 Å². The van der Waals surface area contributed by atoms with Gasteiger partial charge in [-0.25, -0.2) is 17.2 Å². The van der Waals surface area contributed by atoms with Gasteiger partial charge in [-0.3, -0.25) is 4.72 Å². The number of sulfonamides is 1. The van der Waals surface area contributed by atoms with Gasteiger partial charge >= 0.3 is 0 Å². The molecule has 0 fully saturated rings. The molecule has 8 heteroatoms. The summed E-state index contributed by atoms with van der Waals surface area (Å²) >= 11 is 0. The van der Waals surface area contributed by atoms with Crippen LogP contribution in [0.5, 0.6) is 0 Å². The molecule has 0 aliphatic rings. The molecule has 0 amide bonds. The number of carboxylic acids is 1. The molecule has 0 saturated carbocycles. The van der Waals surface area contributed by atoms with Crippen molar-refractivity contribution in [1.29, 1.82) is 0 Å². The average molecular weight is 312 g/mol. The second-order valence-electron chi connectivity index (χ2n) is 4.02. The van der Waals surface area contributed by atoms with E-state index in [1.165, 1.54) is 0 Å². The van der Waals surface area contributed by atoms with Gasteiger partial charge in [0.2, 0.25) is 0 Å². The molecule has 0 aromatic heterocycles. The van der Waals surface area contributed by atoms with Crippen LogP contribution in [0.3, 0.4) is 0 Å². The largest absolute Gasteiger partial charge is 0.545 e. The predicted molar refractivity (Wildman–Crippen MR) is 67.9 cm³/mol. The Morgan fingerprint density at radius 1 is 1.00 bits per heavy atom. The number of hydrogen-bond acceptors (Lipinski definition) is 4. The summed E-state index contributed by atoms with van der Waals surface area (Å²) in [6.45, 7) is 0. The van der Waals surface area contributed by atoms with Crippen molar-refractivity contribution >= 4 is 21.7 Å². The summed E-state index contributed by atoms with van der Waals surface area (Å²) in [6, 6.07) is 7.16. The summed E-state index contributed by atoms with van der Waals surface area (Å²) in [5, 5.41) is 10.6. The minimum Gasteiger partial charge on any atom is -0.545 e. The molecule has 21 heavy (non-hydrogen) atoms. The molecule has 0 bridgehead atoms. The Hall–Kier alpha value is -2.48. The van der Waals surface area contributed by atoms with Crippen LogP contribution < -0.4 is 9.83 Å². The van der Waals surface area contributed by atoms with Crippen molar-refractivity contribution in [2.24, 2.45) is 0 Å². The number of carbonyl (C=O) groups is 1. The van der Waals surface area contributed by atoms with Crippen LogP contribution in [0.2, 0.25) is 0 Å². The summed E-state index contributed by atoms with van der Waals surface area (Å²) in [5.74, 6) is -3.88. The van der Waals surface area contributed by atoms with Gasteiger partial charge < -0.3 is 9.90 Å². The molecular formula is C13H8F2NO4S-. The van der Waals surface area contributed by atoms with Crippen LogP contribution in [0.15, 0.2) is 47.4 Å². The molecular weight excluding hydrogens is 304 g/mol. The number of carboxylic acid groups (broad SMARTS) is 1. The zero-order chi connectivity index (χ0) is 15.6. The van der Waals surface area contributed by atoms with Crippen molar-refractivity contribution < 1.29 is 27.1 Å². The van der Waals surface area contributed by atoms with Gasteiger partial charge in [0.05, 0.1) is 5.97 Å². The highest BCUT2D eigenvalue weighted by Gasteiger charge is 2.23. The molecule has 2 rings (SSSR count). The van der Waals surface area contributed by atoms with Gasteiger partial charge in [0, 0.05) is 5.69 Å². The fourth-order valence-corrected chi connectivity index (χ4v) is 2.82. The van der Waals surface area contributed by atoms with E-state index in [2.05, 4.69) is 0 Å². The van der Waals surface area contributed by atoms with E-state index >= 15 is 0 Å². The van der Waals surface area contributed by atoms with Crippen LogP contribution in [0.4, 0.5) is 14.5 Å². The van der Waals surface area contributed by atoms with E-state index in [1.807, 2.05) is 4.72 Å². The fourth-order valence-electron chi connectivity index (χ4n) is 1.62. The van der Waals surface area contributed by atoms with E-state index in [0.29, 0.717) is 0 Å². The second kappa shape index (κ2) is 5.49. The highest BCUT2D eigenvalue weighted by molar-refractivity contribution is 7.92. The Bertz CT molecular complexity index is 768. The minimum absolute atomic E-state index is 0.0392. The maximum absolute atomic E-state index is 13.5. The van der Waals surface area contributed by atoms with Gasteiger partial charge in [-0.1, -0.05) is 18.2 Å². The molecule has 0 radical (unpaired) electrons. The summed E-state index contributed by atoms with van der Waals surface area (Å²) in [6.07, 6.45) is 0. The third-order valence-electron chi connectivity index (χ3n) is 2.56. The lowest BCUT2D eigenvalue weighted by molar-refractivity contribution is -0.255. The summed E-state index contributed by atoms with van der Waals surface area (Å²) in [4.78, 5) is 9.46. The van der Waals surface area contributed by atoms with Crippen LogP contribution in [-0.4, -0.2) is 14.4 Å². The number of aromatic carboxylic acids is 1. The molecule has 0 aliphatic carbocycles. The number of hydrogen-bond donors (Lipinski definition) is 1. The van der Waals surface area contributed by atoms with Crippen LogP contribution in [0.1, 0.15) is 10.4 Å². The number of anilines is 1. The summed E-state index contributed by atoms with van der Waals surface area (Å²) < 4.78 is 52.8. The third-order valence-corrected chi connectivity index (χ3v) is 3.99. The van der Waals surface area contributed by atoms with E-state index in [-0.39, 0.29) is 11.3 Å². The molecule has 0 atom stereocenters. The van der Waals surface area contributed by atoms with Crippen molar-refractivity contribution in [3.63, 3.8) is 0 Å². The zero-order valence-corrected chi connectivity index (χ0v) is 11.2. The number of benzene rings is 2. The molecule has 0 unspecified atom stereocenters. The molecule has 2 aromatic carbocycles. The van der Waals surface area contributed by atoms with Gasteiger partial charge in [-0.05, 0) is 29.8 Å². The maximum Gasteiger partial charge on any atom is 0.267 e. The first-order valence-electron chi connectivity index (χ1n) is 5.59. The van der Waals surface area contributed by atoms with Gasteiger partial charge in [0.1, 0.15) is 11.6 Å². The van der Waals surface area contributed by atoms with Crippen molar-refractivity contribution in [3.8, 4) is 0 Å². The first-order chi connectivity index (χ1) is 9.81. The van der Waals surface area contributed by atoms with Gasteiger partial charge in [0.15, 0.2) is 4.90 Å². The van der Waals surface area contributed by atoms with Gasteiger partial charge in [0.25, 0.3) is 10.0 Å². The molecule has 5 nitrogen and oxygen atoms in total. The average Bonchev–Trinajstić information content (AvgIpc) is 2.38. The standard InChI is InChI=1S/C13H9F2NO4S/c14-10-2-1-3-11(15)12(10)21(19,20)16-9-6-4-8(5-7-9)13(17)18/h1-7,16H,(H,17,18)/p-1. The number of carbonyl (C=O) groups excluding carboxylic acids is 1. The van der Waals surface area contributed by atoms with Crippen LogP contribution in [-0.2, 0) is 10.0 Å². The highest BCUT2D eigenvalue weighted by atomic mass is 32.2. The topological polar surface area (TPSA) is 86.3 Å². The summed E-state index contributed by atoms with van der Waals surface area (Å²) in [7, 11) is -4.47. The Morgan fingerprint density at radius 2 is 1.52 bits per heavy atom. The Morgan fingerprint density at radius 3 is 2.00 bits per heavy atom. The SMILES string of the molecule is O=C([O-])c1ccc(NS(=O)(=O)c2c(F)cccc2F)cc1. The maximum atomic E-state index is 13.5. The number of halogens is 2. The van der Waals surface area contributed by atoms with Crippen LogP contribution in [0.25, 0.3) is 0 Å². The first-order valence-corrected chi connectivity index (χ1v) is 7.08. The third kappa shape index (κ3) is 3.16. The lowest BCUT2D eigenvalue weighted by Gasteiger charge is -2.10. The second-order valence-corrected chi connectivity index (χ2v) is 5.64. The zero-order valence-electron chi connectivity index (χ0n) is 10.3. The Labute approximate surface area is 118 Å². The Balaban J connectivity index is 2.35. The molecule has 2 aromatic rings. The number of nitrogens with one attached hydrogen (secondary N) is 1. The minimum atomic E-state index is -4.47. The van der Waals surface area contributed by atoms with Gasteiger partial charge in [-0.2, -0.15) is 0 Å². The lowest BCUT2D eigenvalue weighted by atomic mass is 10.2. The predicted octanol–water partition coefficient (Wildman–Crippen LogP) is 1.13. The highest BCUT2D eigenvalue weighted by Crippen LogP contribution is 2.21. The smallest absolute Gasteiger partial charge is 0.267 e. The molecule has 0 aliphatic heterocycles. The molecule has 0 spiro atoms. The monoisotopic (exact) mass is 312 g/mol. The van der Waals surface area contributed by atoms with Gasteiger partial charge in [-0.15, -0.1) is 0 Å². The fraction of sp³-hybridized carbons (Fsp3) is 0. The van der Waals surface area contributed by atoms with Crippen molar-refractivity contribution in [2.75, 3.05) is 4.72 Å². The van der Waals surface area contributed by atoms with E-state index in [9.17, 15) is 27.1 Å². The molecule has 1 N–H and O–H groups in total.